The number of nitrogens with zero attached hydrogens (tertiary/aromatic N) is 4. The Bertz CT molecular complexity index is 637. The van der Waals surface area contributed by atoms with Crippen LogP contribution in [0.4, 0.5) is 0 Å². The zero-order valence-electron chi connectivity index (χ0n) is 8.37. The highest BCUT2D eigenvalue weighted by Gasteiger charge is 2.15. The Morgan fingerprint density at radius 3 is 2.71 bits per heavy atom. The molecule has 0 bridgehead atoms. The molecular formula is C10H5ClN4OS. The molecule has 7 heteroatoms. The highest BCUT2D eigenvalue weighted by molar-refractivity contribution is 7.14. The third-order valence-electron chi connectivity index (χ3n) is 2.00. The van der Waals surface area contributed by atoms with Crippen molar-refractivity contribution in [3.05, 3.63) is 34.9 Å². The molecule has 0 aromatic carbocycles. The first kappa shape index (κ1) is 10.4. The Kier molecular flexibility index (Phi) is 2.58. The summed E-state index contributed by atoms with van der Waals surface area (Å²) in [7, 11) is 0. The smallest absolute Gasteiger partial charge is 0.269 e. The molecule has 0 atom stereocenters. The first-order valence-electron chi connectivity index (χ1n) is 4.69. The van der Waals surface area contributed by atoms with Gasteiger partial charge in [-0.25, -0.2) is 9.97 Å². The Hall–Kier alpha value is -1.79. The lowest BCUT2D eigenvalue weighted by atomic mass is 10.4. The van der Waals surface area contributed by atoms with Crippen LogP contribution in [0, 0.1) is 0 Å². The third-order valence-corrected chi connectivity index (χ3v) is 3.33. The van der Waals surface area contributed by atoms with Crippen LogP contribution in [0.1, 0.15) is 0 Å². The van der Waals surface area contributed by atoms with Crippen molar-refractivity contribution in [3.63, 3.8) is 0 Å². The number of rotatable bonds is 2. The third kappa shape index (κ3) is 1.92. The number of hydrogen-bond acceptors (Lipinski definition) is 6. The van der Waals surface area contributed by atoms with E-state index in [9.17, 15) is 0 Å². The topological polar surface area (TPSA) is 64.7 Å². The molecule has 0 aliphatic rings. The van der Waals surface area contributed by atoms with E-state index >= 15 is 0 Å². The fraction of sp³-hybridized carbons (Fsp3) is 0. The molecule has 0 fully saturated rings. The Morgan fingerprint density at radius 2 is 2.00 bits per heavy atom. The van der Waals surface area contributed by atoms with E-state index in [0.29, 0.717) is 22.6 Å². The van der Waals surface area contributed by atoms with Gasteiger partial charge in [0.1, 0.15) is 4.88 Å². The maximum atomic E-state index is 5.98. The maximum Gasteiger partial charge on any atom is 0.269 e. The number of aromatic nitrogens is 4. The van der Waals surface area contributed by atoms with Crippen molar-refractivity contribution in [1.82, 2.24) is 20.1 Å². The van der Waals surface area contributed by atoms with Crippen molar-refractivity contribution in [1.29, 1.82) is 0 Å². The second kappa shape index (κ2) is 4.23. The van der Waals surface area contributed by atoms with Gasteiger partial charge < -0.3 is 4.52 Å². The van der Waals surface area contributed by atoms with Crippen LogP contribution in [0.25, 0.3) is 22.4 Å². The van der Waals surface area contributed by atoms with E-state index in [4.69, 9.17) is 16.1 Å². The molecule has 3 aromatic rings. The van der Waals surface area contributed by atoms with Crippen molar-refractivity contribution in [2.75, 3.05) is 0 Å². The SMILES string of the molecule is Clc1ccsc1-c1nc(-c2ncccn2)no1. The lowest BCUT2D eigenvalue weighted by Gasteiger charge is -1.89. The Morgan fingerprint density at radius 1 is 1.18 bits per heavy atom. The zero-order valence-corrected chi connectivity index (χ0v) is 9.94. The average Bonchev–Trinajstić information content (AvgIpc) is 2.98. The fourth-order valence-electron chi connectivity index (χ4n) is 1.27. The fourth-order valence-corrected chi connectivity index (χ4v) is 2.32. The van der Waals surface area contributed by atoms with Crippen molar-refractivity contribution >= 4 is 22.9 Å². The molecule has 0 saturated carbocycles. The van der Waals surface area contributed by atoms with Crippen LogP contribution in [0.2, 0.25) is 5.02 Å². The Labute approximate surface area is 105 Å². The summed E-state index contributed by atoms with van der Waals surface area (Å²) in [4.78, 5) is 13.0. The van der Waals surface area contributed by atoms with Gasteiger partial charge in [0.05, 0.1) is 5.02 Å². The van der Waals surface area contributed by atoms with Gasteiger partial charge in [-0.05, 0) is 17.5 Å². The standard InChI is InChI=1S/C10H5ClN4OS/c11-6-2-5-17-7(6)10-14-9(15-16-10)8-12-3-1-4-13-8/h1-5H. The van der Waals surface area contributed by atoms with E-state index in [0.717, 1.165) is 4.88 Å². The quantitative estimate of drug-likeness (QED) is 0.712. The van der Waals surface area contributed by atoms with Gasteiger partial charge in [0.2, 0.25) is 11.6 Å². The van der Waals surface area contributed by atoms with E-state index in [-0.39, 0.29) is 0 Å². The van der Waals surface area contributed by atoms with Crippen molar-refractivity contribution in [2.24, 2.45) is 0 Å². The minimum atomic E-state index is 0.352. The average molecular weight is 265 g/mol. The van der Waals surface area contributed by atoms with Crippen LogP contribution in [-0.2, 0) is 0 Å². The summed E-state index contributed by atoms with van der Waals surface area (Å²) in [5.41, 5.74) is 0. The summed E-state index contributed by atoms with van der Waals surface area (Å²) in [5, 5.41) is 6.28. The first-order valence-corrected chi connectivity index (χ1v) is 5.95. The summed E-state index contributed by atoms with van der Waals surface area (Å²) < 4.78 is 5.13. The molecular weight excluding hydrogens is 260 g/mol. The van der Waals surface area contributed by atoms with Crippen molar-refractivity contribution in [3.8, 4) is 22.4 Å². The van der Waals surface area contributed by atoms with Crippen molar-refractivity contribution in [2.45, 2.75) is 0 Å². The summed E-state index contributed by atoms with van der Waals surface area (Å²) in [6.07, 6.45) is 3.24. The number of halogens is 1. The molecule has 0 amide bonds. The van der Waals surface area contributed by atoms with Crippen molar-refractivity contribution < 1.29 is 4.52 Å². The van der Waals surface area contributed by atoms with Gasteiger partial charge in [0.15, 0.2) is 0 Å². The molecule has 17 heavy (non-hydrogen) atoms. The normalized spacial score (nSPS) is 10.6. The van der Waals surface area contributed by atoms with Gasteiger partial charge >= 0.3 is 0 Å². The van der Waals surface area contributed by atoms with Crippen LogP contribution in [0.5, 0.6) is 0 Å². The molecule has 84 valence electrons. The predicted octanol–water partition coefficient (Wildman–Crippen LogP) is 2.91. The molecule has 0 aliphatic carbocycles. The number of thiophene rings is 1. The lowest BCUT2D eigenvalue weighted by Crippen LogP contribution is -1.88. The van der Waals surface area contributed by atoms with E-state index in [1.807, 2.05) is 5.38 Å². The minimum absolute atomic E-state index is 0.352. The van der Waals surface area contributed by atoms with Gasteiger partial charge in [-0.1, -0.05) is 16.8 Å². The van der Waals surface area contributed by atoms with Gasteiger partial charge in [0.25, 0.3) is 5.89 Å². The second-order valence-corrected chi connectivity index (χ2v) is 4.42. The summed E-state index contributed by atoms with van der Waals surface area (Å²) >= 11 is 7.42. The van der Waals surface area contributed by atoms with Crippen LogP contribution < -0.4 is 0 Å². The molecule has 0 spiro atoms. The largest absolute Gasteiger partial charge is 0.333 e. The van der Waals surface area contributed by atoms with Gasteiger partial charge in [-0.2, -0.15) is 4.98 Å². The number of hydrogen-bond donors (Lipinski definition) is 0. The molecule has 0 radical (unpaired) electrons. The molecule has 0 aliphatic heterocycles. The van der Waals surface area contributed by atoms with Crippen LogP contribution in [0.15, 0.2) is 34.4 Å². The predicted molar refractivity (Wildman–Crippen MR) is 63.6 cm³/mol. The van der Waals surface area contributed by atoms with Gasteiger partial charge in [0, 0.05) is 12.4 Å². The zero-order chi connectivity index (χ0) is 11.7. The molecule has 0 saturated heterocycles. The lowest BCUT2D eigenvalue weighted by molar-refractivity contribution is 0.433. The highest BCUT2D eigenvalue weighted by atomic mass is 35.5. The van der Waals surface area contributed by atoms with E-state index in [2.05, 4.69) is 20.1 Å². The Balaban J connectivity index is 2.02. The molecule has 0 unspecified atom stereocenters. The molecule has 0 N–H and O–H groups in total. The van der Waals surface area contributed by atoms with Crippen LogP contribution in [0.3, 0.4) is 0 Å². The van der Waals surface area contributed by atoms with Gasteiger partial charge in [-0.15, -0.1) is 11.3 Å². The summed E-state index contributed by atoms with van der Waals surface area (Å²) in [6.45, 7) is 0. The molecule has 3 aromatic heterocycles. The maximum absolute atomic E-state index is 5.98. The highest BCUT2D eigenvalue weighted by Crippen LogP contribution is 2.32. The van der Waals surface area contributed by atoms with E-state index < -0.39 is 0 Å². The minimum Gasteiger partial charge on any atom is -0.333 e. The van der Waals surface area contributed by atoms with Gasteiger partial charge in [-0.3, -0.25) is 0 Å². The van der Waals surface area contributed by atoms with E-state index in [1.54, 1.807) is 24.5 Å². The van der Waals surface area contributed by atoms with E-state index in [1.165, 1.54) is 11.3 Å². The molecule has 3 heterocycles. The molecule has 3 rings (SSSR count). The first-order chi connectivity index (χ1) is 8.34. The summed E-state index contributed by atoms with van der Waals surface area (Å²) in [5.74, 6) is 1.16. The molecule has 5 nitrogen and oxygen atoms in total. The van der Waals surface area contributed by atoms with Crippen LogP contribution >= 0.6 is 22.9 Å². The monoisotopic (exact) mass is 264 g/mol. The second-order valence-electron chi connectivity index (χ2n) is 3.09. The summed E-state index contributed by atoms with van der Waals surface area (Å²) in [6, 6.07) is 3.51. The van der Waals surface area contributed by atoms with Crippen LogP contribution in [-0.4, -0.2) is 20.1 Å².